The Bertz CT molecular complexity index is 191. The molecule has 0 atom stereocenters. The van der Waals surface area contributed by atoms with E-state index in [1.54, 1.807) is 0 Å². The maximum absolute atomic E-state index is 9.76. The first-order valence-corrected chi connectivity index (χ1v) is 2.12. The zero-order valence-corrected chi connectivity index (χ0v) is 8.00. The second-order valence-electron chi connectivity index (χ2n) is 1.55. The maximum atomic E-state index is 9.76. The molecular weight excluding hydrogens is 185 g/mol. The molecule has 0 saturated carbocycles. The summed E-state index contributed by atoms with van der Waals surface area (Å²) in [5.74, 6) is -3.58. The van der Waals surface area contributed by atoms with Crippen LogP contribution in [0.1, 0.15) is 0 Å². The summed E-state index contributed by atoms with van der Waals surface area (Å²) in [5.41, 5.74) is 0. The first kappa shape index (κ1) is 13.8. The van der Waals surface area contributed by atoms with Gasteiger partial charge in [0.2, 0.25) is 0 Å². The third kappa shape index (κ3) is 2.09. The van der Waals surface area contributed by atoms with Gasteiger partial charge in [0.15, 0.2) is 0 Å². The van der Waals surface area contributed by atoms with E-state index in [1.165, 1.54) is 0 Å². The second-order valence-corrected chi connectivity index (χ2v) is 1.55. The summed E-state index contributed by atoms with van der Waals surface area (Å²) in [6.45, 7) is 2.27. The molecule has 10 heteroatoms. The molecule has 0 amide bonds. The SMILES string of the molecule is [CH2-]C([N+](=O)[O-])([N+](=O)[O-])[N+](=O)[O-].[Na+]. The zero-order valence-electron chi connectivity index (χ0n) is 6.00. The molecule has 0 heterocycles. The molecule has 0 aliphatic heterocycles. The molecular formula is C2H2N3NaO6. The standard InChI is InChI=1S/C2H2N3O6.Na/c1-2(3(6)7,4(8)9)5(10)11;/h1H2;/q-1;+1. The first-order chi connectivity index (χ1) is 4.83. The molecule has 0 N–H and O–H groups in total. The predicted molar refractivity (Wildman–Crippen MR) is 29.1 cm³/mol. The van der Waals surface area contributed by atoms with Crippen LogP contribution in [-0.2, 0) is 0 Å². The smallest absolute Gasteiger partial charge is 0.255 e. The number of nitrogens with zero attached hydrogens (tertiary/aromatic N) is 3. The molecule has 0 aliphatic carbocycles. The van der Waals surface area contributed by atoms with Gasteiger partial charge >= 0.3 is 35.3 Å². The van der Waals surface area contributed by atoms with Crippen LogP contribution < -0.4 is 29.6 Å². The van der Waals surface area contributed by atoms with E-state index in [4.69, 9.17) is 0 Å². The van der Waals surface area contributed by atoms with Crippen LogP contribution in [-0.4, -0.2) is 20.6 Å². The van der Waals surface area contributed by atoms with Gasteiger partial charge in [0, 0.05) is 0 Å². The fourth-order valence-electron chi connectivity index (χ4n) is 0.200. The topological polar surface area (TPSA) is 129 Å². The molecule has 62 valence electrons. The molecule has 0 unspecified atom stereocenters. The largest absolute Gasteiger partial charge is 1.00 e. The van der Waals surface area contributed by atoms with Crippen molar-refractivity contribution >= 4 is 0 Å². The van der Waals surface area contributed by atoms with Gasteiger partial charge in [-0.15, -0.1) is 6.92 Å². The fraction of sp³-hybridized carbons (Fsp3) is 0.500. The Morgan fingerprint density at radius 3 is 1.08 bits per heavy atom. The van der Waals surface area contributed by atoms with Crippen molar-refractivity contribution in [2.75, 3.05) is 0 Å². The van der Waals surface area contributed by atoms with E-state index in [0.717, 1.165) is 0 Å². The van der Waals surface area contributed by atoms with Crippen molar-refractivity contribution < 1.29 is 44.3 Å². The van der Waals surface area contributed by atoms with Crippen LogP contribution >= 0.6 is 0 Å². The predicted octanol–water partition coefficient (Wildman–Crippen LogP) is -3.69. The van der Waals surface area contributed by atoms with Crippen LogP contribution in [0.5, 0.6) is 0 Å². The van der Waals surface area contributed by atoms with Gasteiger partial charge in [0.05, 0.1) is 0 Å². The summed E-state index contributed by atoms with van der Waals surface area (Å²) in [5, 5.41) is 29.3. The van der Waals surface area contributed by atoms with Gasteiger partial charge in [0.1, 0.15) is 14.8 Å². The number of nitro groups is 3. The van der Waals surface area contributed by atoms with Gasteiger partial charge in [-0.25, -0.2) is 0 Å². The first-order valence-electron chi connectivity index (χ1n) is 2.12. The molecule has 0 spiro atoms. The van der Waals surface area contributed by atoms with Crippen LogP contribution in [0.3, 0.4) is 0 Å². The number of hydrogen-bond acceptors (Lipinski definition) is 6. The molecule has 0 radical (unpaired) electrons. The van der Waals surface area contributed by atoms with E-state index in [2.05, 4.69) is 6.92 Å². The summed E-state index contributed by atoms with van der Waals surface area (Å²) < 4.78 is 0. The van der Waals surface area contributed by atoms with Crippen molar-refractivity contribution in [1.82, 2.24) is 0 Å². The molecule has 0 aliphatic rings. The van der Waals surface area contributed by atoms with Crippen LogP contribution in [0.25, 0.3) is 0 Å². The quantitative estimate of drug-likeness (QED) is 0.147. The maximum Gasteiger partial charge on any atom is 1.00 e. The summed E-state index contributed by atoms with van der Waals surface area (Å²) >= 11 is 0. The van der Waals surface area contributed by atoms with Gasteiger partial charge < -0.3 is 0 Å². The van der Waals surface area contributed by atoms with Crippen molar-refractivity contribution in [2.24, 2.45) is 0 Å². The molecule has 0 rings (SSSR count). The van der Waals surface area contributed by atoms with E-state index in [9.17, 15) is 30.3 Å². The van der Waals surface area contributed by atoms with Crippen LogP contribution in [0, 0.1) is 37.3 Å². The third-order valence-electron chi connectivity index (χ3n) is 0.877. The Balaban J connectivity index is 0. The minimum absolute atomic E-state index is 0. The van der Waals surface area contributed by atoms with E-state index >= 15 is 0 Å². The van der Waals surface area contributed by atoms with Crippen molar-refractivity contribution in [3.8, 4) is 0 Å². The average Bonchev–Trinajstić information content (AvgIpc) is 1.84. The van der Waals surface area contributed by atoms with Crippen molar-refractivity contribution in [1.29, 1.82) is 0 Å². The molecule has 9 nitrogen and oxygen atoms in total. The van der Waals surface area contributed by atoms with Gasteiger partial charge in [-0.1, -0.05) is 0 Å². The Morgan fingerprint density at radius 1 is 0.917 bits per heavy atom. The zero-order chi connectivity index (χ0) is 9.23. The minimum atomic E-state index is -3.58. The second kappa shape index (κ2) is 4.28. The molecule has 0 aromatic rings. The number of hydrogen-bond donors (Lipinski definition) is 0. The van der Waals surface area contributed by atoms with Crippen molar-refractivity contribution in [3.05, 3.63) is 37.3 Å². The minimum Gasteiger partial charge on any atom is -0.255 e. The van der Waals surface area contributed by atoms with Crippen molar-refractivity contribution in [2.45, 2.75) is 5.79 Å². The molecule has 12 heavy (non-hydrogen) atoms. The fourth-order valence-corrected chi connectivity index (χ4v) is 0.200. The Kier molecular flexibility index (Phi) is 4.91. The van der Waals surface area contributed by atoms with Gasteiger partial charge in [0.25, 0.3) is 0 Å². The Morgan fingerprint density at radius 2 is 1.08 bits per heavy atom. The van der Waals surface area contributed by atoms with Gasteiger partial charge in [-0.3, -0.25) is 30.3 Å². The third-order valence-corrected chi connectivity index (χ3v) is 0.877. The normalized spacial score (nSPS) is 9.75. The molecule has 0 aromatic carbocycles. The van der Waals surface area contributed by atoms with E-state index in [-0.39, 0.29) is 29.6 Å². The summed E-state index contributed by atoms with van der Waals surface area (Å²) in [6.07, 6.45) is 0. The number of rotatable bonds is 3. The Hall–Kier alpha value is -0.800. The Labute approximate surface area is 87.5 Å². The molecule has 0 bridgehead atoms. The average molecular weight is 187 g/mol. The van der Waals surface area contributed by atoms with Crippen LogP contribution in [0.4, 0.5) is 0 Å². The van der Waals surface area contributed by atoms with E-state index in [0.29, 0.717) is 0 Å². The van der Waals surface area contributed by atoms with Crippen LogP contribution in [0.15, 0.2) is 0 Å². The van der Waals surface area contributed by atoms with Crippen molar-refractivity contribution in [3.63, 3.8) is 0 Å². The van der Waals surface area contributed by atoms with Gasteiger partial charge in [-0.05, 0) is 0 Å². The van der Waals surface area contributed by atoms with Gasteiger partial charge in [-0.2, -0.15) is 0 Å². The van der Waals surface area contributed by atoms with Crippen LogP contribution in [0.2, 0.25) is 0 Å². The summed E-state index contributed by atoms with van der Waals surface area (Å²) in [7, 11) is 0. The molecule has 0 fully saturated rings. The molecule has 0 saturated heterocycles. The summed E-state index contributed by atoms with van der Waals surface area (Å²) in [4.78, 5) is 24.3. The molecule has 0 aromatic heterocycles. The summed E-state index contributed by atoms with van der Waals surface area (Å²) in [6, 6.07) is 0. The van der Waals surface area contributed by atoms with E-state index in [1.807, 2.05) is 0 Å². The van der Waals surface area contributed by atoms with E-state index < -0.39 is 20.6 Å². The monoisotopic (exact) mass is 187 g/mol.